The number of halogens is 2. The highest BCUT2D eigenvalue weighted by Crippen LogP contribution is 2.58. The lowest BCUT2D eigenvalue weighted by Gasteiger charge is -2.42. The standard InChI is InChI=1S/C33H40Br2N2O8S2/c1-9-42-46(38,39)44-30-25(35)18-20-27-29(30)32(5,6)33(37(27)8,45-47(40,41)43-10-2)21-15-13-11-12-14-16-28-31(3,4)24-22-23(34)17-19-26(24)36(28)7/h11-22H,9-10H2,1-8H3. The number of benzene rings is 2. The first-order chi connectivity index (χ1) is 21.8. The molecule has 47 heavy (non-hydrogen) atoms. The summed E-state index contributed by atoms with van der Waals surface area (Å²) in [5, 5.41) is 0. The largest absolute Gasteiger partial charge is 0.449 e. The summed E-state index contributed by atoms with van der Waals surface area (Å²) in [5.41, 5.74) is 1.32. The van der Waals surface area contributed by atoms with Gasteiger partial charge in [-0.05, 0) is 77.8 Å². The zero-order valence-corrected chi connectivity index (χ0v) is 32.4. The van der Waals surface area contributed by atoms with Gasteiger partial charge in [-0.25, -0.2) is 12.5 Å². The van der Waals surface area contributed by atoms with Gasteiger partial charge in [0.2, 0.25) is 0 Å². The van der Waals surface area contributed by atoms with Crippen LogP contribution in [0.25, 0.3) is 0 Å². The Balaban J connectivity index is 1.70. The number of allylic oxidation sites excluding steroid dienone is 7. The Labute approximate surface area is 295 Å². The molecule has 2 aliphatic heterocycles. The molecule has 0 radical (unpaired) electrons. The molecule has 0 N–H and O–H groups in total. The van der Waals surface area contributed by atoms with E-state index in [1.54, 1.807) is 56.2 Å². The van der Waals surface area contributed by atoms with Crippen molar-refractivity contribution < 1.29 is 33.6 Å². The number of hydrogen-bond donors (Lipinski definition) is 0. The van der Waals surface area contributed by atoms with E-state index in [-0.39, 0.29) is 24.4 Å². The van der Waals surface area contributed by atoms with Crippen LogP contribution >= 0.6 is 31.9 Å². The third-order valence-corrected chi connectivity index (χ3v) is 11.4. The third-order valence-electron chi connectivity index (χ3n) is 8.42. The van der Waals surface area contributed by atoms with Crippen LogP contribution in [0, 0.1) is 0 Å². The van der Waals surface area contributed by atoms with Crippen LogP contribution in [0.1, 0.15) is 52.7 Å². The van der Waals surface area contributed by atoms with E-state index in [0.29, 0.717) is 15.7 Å². The van der Waals surface area contributed by atoms with Crippen molar-refractivity contribution in [1.29, 1.82) is 0 Å². The molecule has 10 nitrogen and oxygen atoms in total. The summed E-state index contributed by atoms with van der Waals surface area (Å²) in [6.07, 6.45) is 12.7. The molecule has 0 bridgehead atoms. The molecule has 0 spiro atoms. The van der Waals surface area contributed by atoms with Crippen molar-refractivity contribution >= 4 is 64.0 Å². The fourth-order valence-corrected chi connectivity index (χ4v) is 8.84. The van der Waals surface area contributed by atoms with Crippen LogP contribution in [-0.2, 0) is 44.2 Å². The lowest BCUT2D eigenvalue weighted by Crippen LogP contribution is -2.56. The molecule has 1 unspecified atom stereocenters. The molecule has 1 atom stereocenters. The maximum atomic E-state index is 13.0. The quantitative estimate of drug-likeness (QED) is 0.199. The minimum absolute atomic E-state index is 0.0405. The second kappa shape index (κ2) is 13.8. The second-order valence-electron chi connectivity index (χ2n) is 12.0. The Bertz CT molecular complexity index is 1870. The van der Waals surface area contributed by atoms with Crippen molar-refractivity contribution in [3.8, 4) is 5.75 Å². The summed E-state index contributed by atoms with van der Waals surface area (Å²) in [4.78, 5) is 3.80. The smallest absolute Gasteiger partial charge is 0.360 e. The Morgan fingerprint density at radius 3 is 2.06 bits per heavy atom. The molecule has 2 aromatic rings. The SMILES string of the molecule is CCOS(=O)(=O)Oc1c(Br)ccc2c1C(C)(C)C(C=CC=CC=CC=C1N(C)c3ccc(Br)cc3C1(C)C)(OS(=O)(=O)OCC)N2C. The van der Waals surface area contributed by atoms with Gasteiger partial charge in [0.1, 0.15) is 0 Å². The van der Waals surface area contributed by atoms with Crippen molar-refractivity contribution in [2.45, 2.75) is 58.1 Å². The monoisotopic (exact) mass is 814 g/mol. The van der Waals surface area contributed by atoms with Crippen LogP contribution in [0.15, 0.2) is 87.5 Å². The van der Waals surface area contributed by atoms with E-state index in [4.69, 9.17) is 16.7 Å². The molecular formula is C33H40Br2N2O8S2. The number of nitrogens with zero attached hydrogens (tertiary/aromatic N) is 2. The van der Waals surface area contributed by atoms with Gasteiger partial charge in [0.25, 0.3) is 0 Å². The number of rotatable bonds is 12. The van der Waals surface area contributed by atoms with E-state index < -0.39 is 31.9 Å². The first-order valence-corrected chi connectivity index (χ1v) is 19.1. The molecule has 2 aliphatic rings. The Kier molecular flexibility index (Phi) is 11.0. The normalized spacial score (nSPS) is 21.4. The van der Waals surface area contributed by atoms with Gasteiger partial charge < -0.3 is 14.0 Å². The molecule has 0 amide bonds. The molecule has 0 aromatic heterocycles. The maximum Gasteiger partial charge on any atom is 0.449 e. The van der Waals surface area contributed by atoms with Crippen molar-refractivity contribution in [2.75, 3.05) is 37.1 Å². The predicted octanol–water partition coefficient (Wildman–Crippen LogP) is 7.57. The molecule has 2 heterocycles. The molecule has 0 fully saturated rings. The lowest BCUT2D eigenvalue weighted by molar-refractivity contribution is 0.0465. The van der Waals surface area contributed by atoms with E-state index in [1.807, 2.05) is 24.3 Å². The minimum atomic E-state index is -4.51. The van der Waals surface area contributed by atoms with Crippen LogP contribution < -0.4 is 14.0 Å². The Morgan fingerprint density at radius 2 is 1.40 bits per heavy atom. The number of fused-ring (bicyclic) bond motifs is 2. The van der Waals surface area contributed by atoms with Crippen LogP contribution in [0.3, 0.4) is 0 Å². The van der Waals surface area contributed by atoms with Crippen molar-refractivity contribution in [1.82, 2.24) is 0 Å². The fourth-order valence-electron chi connectivity index (χ4n) is 6.23. The summed E-state index contributed by atoms with van der Waals surface area (Å²) in [7, 11) is -5.22. The Morgan fingerprint density at radius 1 is 0.809 bits per heavy atom. The van der Waals surface area contributed by atoms with Gasteiger partial charge in [-0.2, -0.15) is 16.8 Å². The number of anilines is 2. The summed E-state index contributed by atoms with van der Waals surface area (Å²) in [6, 6.07) is 9.62. The van der Waals surface area contributed by atoms with Crippen molar-refractivity contribution in [3.63, 3.8) is 0 Å². The van der Waals surface area contributed by atoms with E-state index in [0.717, 1.165) is 15.9 Å². The molecule has 4 rings (SSSR count). The predicted molar refractivity (Wildman–Crippen MR) is 192 cm³/mol. The average Bonchev–Trinajstić information content (AvgIpc) is 3.25. The first kappa shape index (κ1) is 37.4. The molecular weight excluding hydrogens is 776 g/mol. The zero-order valence-electron chi connectivity index (χ0n) is 27.6. The van der Waals surface area contributed by atoms with E-state index in [1.165, 1.54) is 19.4 Å². The topological polar surface area (TPSA) is 112 Å². The van der Waals surface area contributed by atoms with Crippen LogP contribution in [0.5, 0.6) is 5.75 Å². The molecule has 0 aliphatic carbocycles. The van der Waals surface area contributed by atoms with Crippen LogP contribution in [-0.4, -0.2) is 49.9 Å². The van der Waals surface area contributed by atoms with Gasteiger partial charge in [0.15, 0.2) is 11.5 Å². The summed E-state index contributed by atoms with van der Waals surface area (Å²) in [6.45, 7) is 10.6. The van der Waals surface area contributed by atoms with Crippen molar-refractivity contribution in [2.24, 2.45) is 0 Å². The van der Waals surface area contributed by atoms with Gasteiger partial charge in [-0.15, -0.1) is 0 Å². The highest BCUT2D eigenvalue weighted by molar-refractivity contribution is 9.10. The molecule has 0 saturated carbocycles. The molecule has 0 saturated heterocycles. The molecule has 2 aromatic carbocycles. The zero-order chi connectivity index (χ0) is 35.0. The van der Waals surface area contributed by atoms with Crippen molar-refractivity contribution in [3.05, 3.63) is 98.6 Å². The second-order valence-corrected chi connectivity index (χ2v) is 16.2. The molecule has 256 valence electrons. The van der Waals surface area contributed by atoms with Gasteiger partial charge in [0, 0.05) is 52.0 Å². The van der Waals surface area contributed by atoms with Gasteiger partial charge in [-0.1, -0.05) is 74.0 Å². The number of likely N-dealkylation sites (N-methyl/N-ethyl adjacent to an activating group) is 2. The van der Waals surface area contributed by atoms with Gasteiger partial charge in [-0.3, -0.25) is 0 Å². The van der Waals surface area contributed by atoms with Gasteiger partial charge in [0.05, 0.1) is 17.7 Å². The minimum Gasteiger partial charge on any atom is -0.360 e. The Hall–Kier alpha value is -2.46. The lowest BCUT2D eigenvalue weighted by atomic mass is 9.77. The first-order valence-electron chi connectivity index (χ1n) is 14.9. The van der Waals surface area contributed by atoms with E-state index >= 15 is 0 Å². The summed E-state index contributed by atoms with van der Waals surface area (Å²) in [5.74, 6) is -0.0405. The third kappa shape index (κ3) is 7.15. The fraction of sp³-hybridized carbons (Fsp3) is 0.394. The summed E-state index contributed by atoms with van der Waals surface area (Å²) >= 11 is 6.97. The van der Waals surface area contributed by atoms with E-state index in [9.17, 15) is 16.8 Å². The number of hydrogen-bond acceptors (Lipinski definition) is 10. The van der Waals surface area contributed by atoms with Crippen LogP contribution in [0.4, 0.5) is 11.4 Å². The average molecular weight is 817 g/mol. The summed E-state index contributed by atoms with van der Waals surface area (Å²) < 4.78 is 73.6. The van der Waals surface area contributed by atoms with Gasteiger partial charge >= 0.3 is 20.8 Å². The van der Waals surface area contributed by atoms with Crippen LogP contribution in [0.2, 0.25) is 0 Å². The van der Waals surface area contributed by atoms with E-state index in [2.05, 4.69) is 75.9 Å². The molecule has 14 heteroatoms. The maximum absolute atomic E-state index is 13.0. The highest BCUT2D eigenvalue weighted by Gasteiger charge is 2.60. The highest BCUT2D eigenvalue weighted by atomic mass is 79.9.